The molecular weight excluding hydrogens is 228 g/mol. The van der Waals surface area contributed by atoms with Crippen LogP contribution in [0.15, 0.2) is 0 Å². The number of rotatable bonds is 3. The molecule has 2 saturated heterocycles. The molecule has 0 bridgehead atoms. The number of nitrogens with zero attached hydrogens (tertiary/aromatic N) is 1. The van der Waals surface area contributed by atoms with Gasteiger partial charge in [-0.05, 0) is 12.8 Å². The molecule has 2 N–H and O–H groups in total. The second-order valence-corrected chi connectivity index (χ2v) is 4.10. The fourth-order valence-corrected chi connectivity index (χ4v) is 1.91. The molecular formula is C10H16N2O5. The summed E-state index contributed by atoms with van der Waals surface area (Å²) in [6.45, 7) is 2.45. The Labute approximate surface area is 98.6 Å². The van der Waals surface area contributed by atoms with Gasteiger partial charge in [-0.3, -0.25) is 10.2 Å². The molecule has 2 heterocycles. The molecule has 0 spiro atoms. The van der Waals surface area contributed by atoms with E-state index in [0.717, 1.165) is 0 Å². The van der Waals surface area contributed by atoms with Gasteiger partial charge >= 0.3 is 5.97 Å². The largest absolute Gasteiger partial charge is 0.479 e. The number of hydrazine groups is 1. The van der Waals surface area contributed by atoms with Gasteiger partial charge < -0.3 is 14.6 Å². The molecule has 7 heteroatoms. The molecule has 0 radical (unpaired) electrons. The van der Waals surface area contributed by atoms with Crippen molar-refractivity contribution in [1.82, 2.24) is 10.4 Å². The van der Waals surface area contributed by atoms with Crippen molar-refractivity contribution in [2.75, 3.05) is 26.3 Å². The summed E-state index contributed by atoms with van der Waals surface area (Å²) in [5.74, 6) is -1.28. The number of hydrogen-bond acceptors (Lipinski definition) is 5. The molecule has 2 aliphatic heterocycles. The molecule has 2 fully saturated rings. The number of ether oxygens (including phenoxy) is 2. The van der Waals surface area contributed by atoms with Gasteiger partial charge in [0.05, 0.1) is 13.2 Å². The van der Waals surface area contributed by atoms with Crippen LogP contribution in [0, 0.1) is 0 Å². The van der Waals surface area contributed by atoms with Crippen molar-refractivity contribution in [3.8, 4) is 0 Å². The number of amides is 1. The van der Waals surface area contributed by atoms with Gasteiger partial charge in [-0.25, -0.2) is 9.80 Å². The van der Waals surface area contributed by atoms with Crippen molar-refractivity contribution in [3.05, 3.63) is 0 Å². The first-order chi connectivity index (χ1) is 8.16. The van der Waals surface area contributed by atoms with E-state index in [1.54, 1.807) is 5.01 Å². The maximum absolute atomic E-state index is 11.8. The van der Waals surface area contributed by atoms with E-state index >= 15 is 0 Å². The van der Waals surface area contributed by atoms with E-state index in [-0.39, 0.29) is 5.91 Å². The van der Waals surface area contributed by atoms with Gasteiger partial charge in [0.15, 0.2) is 6.10 Å². The van der Waals surface area contributed by atoms with Crippen LogP contribution in [-0.2, 0) is 19.1 Å². The first-order valence-corrected chi connectivity index (χ1v) is 5.68. The number of hydrogen-bond donors (Lipinski definition) is 2. The number of carbonyl (C=O) groups is 2. The lowest BCUT2D eigenvalue weighted by Gasteiger charge is -2.27. The zero-order chi connectivity index (χ0) is 12.3. The molecule has 2 atom stereocenters. The minimum absolute atomic E-state index is 0.268. The zero-order valence-corrected chi connectivity index (χ0v) is 9.42. The fraction of sp³-hybridized carbons (Fsp3) is 0.800. The van der Waals surface area contributed by atoms with Crippen molar-refractivity contribution in [2.24, 2.45) is 0 Å². The second-order valence-electron chi connectivity index (χ2n) is 4.10. The molecule has 0 aliphatic carbocycles. The highest BCUT2D eigenvalue weighted by molar-refractivity contribution is 5.82. The Balaban J connectivity index is 1.78. The molecule has 0 saturated carbocycles. The van der Waals surface area contributed by atoms with E-state index in [1.165, 1.54) is 0 Å². The Hall–Kier alpha value is -1.18. The SMILES string of the molecule is O=C(NN1CCOCC1)[C@@H]1CC[C@H](C(=O)O)O1. The monoisotopic (exact) mass is 244 g/mol. The van der Waals surface area contributed by atoms with E-state index < -0.39 is 18.2 Å². The van der Waals surface area contributed by atoms with Crippen LogP contribution in [0.3, 0.4) is 0 Å². The molecule has 17 heavy (non-hydrogen) atoms. The predicted octanol–water partition coefficient (Wildman–Crippen LogP) is -1.02. The minimum atomic E-state index is -1.01. The third-order valence-electron chi connectivity index (χ3n) is 2.87. The van der Waals surface area contributed by atoms with Gasteiger partial charge in [0.1, 0.15) is 6.10 Å². The summed E-state index contributed by atoms with van der Waals surface area (Å²) in [5, 5.41) is 10.5. The van der Waals surface area contributed by atoms with Crippen LogP contribution >= 0.6 is 0 Å². The molecule has 2 rings (SSSR count). The Morgan fingerprint density at radius 2 is 1.82 bits per heavy atom. The number of morpholine rings is 1. The third kappa shape index (κ3) is 3.15. The Bertz CT molecular complexity index is 303. The second kappa shape index (κ2) is 5.44. The molecule has 0 unspecified atom stereocenters. The van der Waals surface area contributed by atoms with E-state index in [9.17, 15) is 9.59 Å². The normalized spacial score (nSPS) is 30.1. The zero-order valence-electron chi connectivity index (χ0n) is 9.42. The standard InChI is InChI=1S/C10H16N2O5/c13-9(11-12-3-5-16-6-4-12)7-1-2-8(17-7)10(14)15/h7-8H,1-6H2,(H,11,13)(H,14,15)/t7-,8+/m0/s1. The van der Waals surface area contributed by atoms with Crippen LogP contribution in [0.4, 0.5) is 0 Å². The first kappa shape index (κ1) is 12.3. The number of carboxylic acid groups (broad SMARTS) is 1. The number of carboxylic acids is 1. The molecule has 0 aromatic heterocycles. The van der Waals surface area contributed by atoms with E-state index in [2.05, 4.69) is 5.43 Å². The summed E-state index contributed by atoms with van der Waals surface area (Å²) in [5.41, 5.74) is 2.72. The molecule has 96 valence electrons. The van der Waals surface area contributed by atoms with E-state index in [4.69, 9.17) is 14.6 Å². The molecule has 2 aliphatic rings. The van der Waals surface area contributed by atoms with Gasteiger partial charge in [-0.2, -0.15) is 0 Å². The van der Waals surface area contributed by atoms with Crippen LogP contribution < -0.4 is 5.43 Å². The lowest BCUT2D eigenvalue weighted by molar-refractivity contribution is -0.153. The number of carbonyl (C=O) groups excluding carboxylic acids is 1. The maximum atomic E-state index is 11.8. The summed E-state index contributed by atoms with van der Waals surface area (Å²) in [4.78, 5) is 22.4. The van der Waals surface area contributed by atoms with Crippen LogP contribution in [0.5, 0.6) is 0 Å². The van der Waals surface area contributed by atoms with Crippen LogP contribution in [0.25, 0.3) is 0 Å². The van der Waals surface area contributed by atoms with E-state index in [0.29, 0.717) is 39.1 Å². The van der Waals surface area contributed by atoms with Crippen molar-refractivity contribution >= 4 is 11.9 Å². The van der Waals surface area contributed by atoms with Crippen LogP contribution in [0.1, 0.15) is 12.8 Å². The average Bonchev–Trinajstić information content (AvgIpc) is 2.79. The quantitative estimate of drug-likeness (QED) is 0.661. The van der Waals surface area contributed by atoms with Crippen LogP contribution in [-0.4, -0.2) is 60.5 Å². The van der Waals surface area contributed by atoms with Gasteiger partial charge in [-0.1, -0.05) is 0 Å². The molecule has 1 amide bonds. The lowest BCUT2D eigenvalue weighted by atomic mass is 10.2. The first-order valence-electron chi connectivity index (χ1n) is 5.68. The molecule has 0 aromatic rings. The van der Waals surface area contributed by atoms with E-state index in [1.807, 2.05) is 0 Å². The summed E-state index contributed by atoms with van der Waals surface area (Å²) in [6, 6.07) is 0. The van der Waals surface area contributed by atoms with Gasteiger partial charge in [-0.15, -0.1) is 0 Å². The Kier molecular flexibility index (Phi) is 3.93. The number of aliphatic carboxylic acids is 1. The summed E-state index contributed by atoms with van der Waals surface area (Å²) in [6.07, 6.45) is -0.668. The van der Waals surface area contributed by atoms with Gasteiger partial charge in [0, 0.05) is 13.1 Å². The van der Waals surface area contributed by atoms with Crippen molar-refractivity contribution in [3.63, 3.8) is 0 Å². The fourth-order valence-electron chi connectivity index (χ4n) is 1.91. The van der Waals surface area contributed by atoms with Crippen molar-refractivity contribution in [2.45, 2.75) is 25.0 Å². The Morgan fingerprint density at radius 3 is 2.41 bits per heavy atom. The summed E-state index contributed by atoms with van der Waals surface area (Å²) >= 11 is 0. The van der Waals surface area contributed by atoms with Crippen LogP contribution in [0.2, 0.25) is 0 Å². The Morgan fingerprint density at radius 1 is 1.18 bits per heavy atom. The highest BCUT2D eigenvalue weighted by Crippen LogP contribution is 2.20. The lowest BCUT2D eigenvalue weighted by Crippen LogP contribution is -2.51. The summed E-state index contributed by atoms with van der Waals surface area (Å²) in [7, 11) is 0. The highest BCUT2D eigenvalue weighted by Gasteiger charge is 2.35. The summed E-state index contributed by atoms with van der Waals surface area (Å²) < 4.78 is 10.3. The maximum Gasteiger partial charge on any atom is 0.332 e. The molecule has 0 aromatic carbocycles. The third-order valence-corrected chi connectivity index (χ3v) is 2.87. The highest BCUT2D eigenvalue weighted by atomic mass is 16.5. The topological polar surface area (TPSA) is 88.1 Å². The predicted molar refractivity (Wildman–Crippen MR) is 56.1 cm³/mol. The number of nitrogens with one attached hydrogen (secondary N) is 1. The van der Waals surface area contributed by atoms with Crippen molar-refractivity contribution < 1.29 is 24.2 Å². The van der Waals surface area contributed by atoms with Gasteiger partial charge in [0.25, 0.3) is 5.91 Å². The smallest absolute Gasteiger partial charge is 0.332 e. The average molecular weight is 244 g/mol. The van der Waals surface area contributed by atoms with Gasteiger partial charge in [0.2, 0.25) is 0 Å². The minimum Gasteiger partial charge on any atom is -0.479 e. The van der Waals surface area contributed by atoms with Crippen molar-refractivity contribution in [1.29, 1.82) is 0 Å². The molecule has 7 nitrogen and oxygen atoms in total.